The lowest BCUT2D eigenvalue weighted by Crippen LogP contribution is -2.46. The standard InChI is InChI=1S/C15H20FN3O2/c1-10-8-11(2-3-13(10)16)15(21)18-12-4-6-19(7-5-12)9-14(17)20/h2-3,8,12H,4-7,9H2,1H3,(H2,17,20)(H,18,21). The Morgan fingerprint density at radius 3 is 2.62 bits per heavy atom. The van der Waals surface area contributed by atoms with E-state index in [1.165, 1.54) is 12.1 Å². The fraction of sp³-hybridized carbons (Fsp3) is 0.467. The van der Waals surface area contributed by atoms with E-state index >= 15 is 0 Å². The van der Waals surface area contributed by atoms with Crippen molar-refractivity contribution in [2.75, 3.05) is 19.6 Å². The second kappa shape index (κ2) is 6.67. The predicted octanol–water partition coefficient (Wildman–Crippen LogP) is 0.814. The molecule has 1 saturated heterocycles. The molecule has 1 aliphatic heterocycles. The van der Waals surface area contributed by atoms with Gasteiger partial charge in [0, 0.05) is 24.7 Å². The molecule has 1 fully saturated rings. The zero-order chi connectivity index (χ0) is 15.4. The summed E-state index contributed by atoms with van der Waals surface area (Å²) in [4.78, 5) is 24.9. The Balaban J connectivity index is 1.86. The molecular formula is C15H20FN3O2. The van der Waals surface area contributed by atoms with Crippen LogP contribution in [0.25, 0.3) is 0 Å². The number of nitrogens with zero attached hydrogens (tertiary/aromatic N) is 1. The summed E-state index contributed by atoms with van der Waals surface area (Å²) in [5, 5.41) is 2.95. The second-order valence-corrected chi connectivity index (χ2v) is 5.45. The van der Waals surface area contributed by atoms with Crippen molar-refractivity contribution in [3.8, 4) is 0 Å². The van der Waals surface area contributed by atoms with Crippen LogP contribution in [0.4, 0.5) is 4.39 Å². The molecule has 0 radical (unpaired) electrons. The quantitative estimate of drug-likeness (QED) is 0.863. The van der Waals surface area contributed by atoms with Crippen LogP contribution < -0.4 is 11.1 Å². The first-order chi connectivity index (χ1) is 9.95. The highest BCUT2D eigenvalue weighted by atomic mass is 19.1. The van der Waals surface area contributed by atoms with Crippen LogP contribution in [-0.4, -0.2) is 42.4 Å². The fourth-order valence-electron chi connectivity index (χ4n) is 2.51. The molecule has 5 nitrogen and oxygen atoms in total. The minimum atomic E-state index is -0.334. The third kappa shape index (κ3) is 4.26. The topological polar surface area (TPSA) is 75.4 Å². The molecular weight excluding hydrogens is 273 g/mol. The van der Waals surface area contributed by atoms with E-state index in [1.807, 2.05) is 4.90 Å². The molecule has 2 amide bonds. The molecule has 0 aromatic heterocycles. The van der Waals surface area contributed by atoms with E-state index in [0.29, 0.717) is 11.1 Å². The zero-order valence-corrected chi connectivity index (χ0v) is 12.1. The first-order valence-electron chi connectivity index (χ1n) is 7.03. The van der Waals surface area contributed by atoms with Gasteiger partial charge in [-0.15, -0.1) is 0 Å². The molecule has 0 unspecified atom stereocenters. The third-order valence-electron chi connectivity index (χ3n) is 3.72. The number of nitrogens with one attached hydrogen (secondary N) is 1. The van der Waals surface area contributed by atoms with E-state index in [4.69, 9.17) is 5.73 Å². The number of likely N-dealkylation sites (tertiary alicyclic amines) is 1. The number of halogens is 1. The van der Waals surface area contributed by atoms with Gasteiger partial charge >= 0.3 is 0 Å². The number of hydrogen-bond acceptors (Lipinski definition) is 3. The van der Waals surface area contributed by atoms with Gasteiger partial charge in [-0.1, -0.05) is 0 Å². The first-order valence-corrected chi connectivity index (χ1v) is 7.03. The minimum absolute atomic E-state index is 0.0759. The van der Waals surface area contributed by atoms with Gasteiger partial charge in [-0.05, 0) is 43.5 Å². The van der Waals surface area contributed by atoms with Gasteiger partial charge in [-0.2, -0.15) is 0 Å². The maximum Gasteiger partial charge on any atom is 0.251 e. The Labute approximate surface area is 123 Å². The molecule has 0 saturated carbocycles. The normalized spacial score (nSPS) is 16.7. The third-order valence-corrected chi connectivity index (χ3v) is 3.72. The summed E-state index contributed by atoms with van der Waals surface area (Å²) in [7, 11) is 0. The largest absolute Gasteiger partial charge is 0.369 e. The predicted molar refractivity (Wildman–Crippen MR) is 77.3 cm³/mol. The van der Waals surface area contributed by atoms with Crippen molar-refractivity contribution in [2.45, 2.75) is 25.8 Å². The molecule has 21 heavy (non-hydrogen) atoms. The van der Waals surface area contributed by atoms with Gasteiger partial charge in [-0.3, -0.25) is 14.5 Å². The van der Waals surface area contributed by atoms with Crippen LogP contribution in [0, 0.1) is 12.7 Å². The Bertz CT molecular complexity index is 540. The van der Waals surface area contributed by atoms with Crippen LogP contribution in [0.15, 0.2) is 18.2 Å². The van der Waals surface area contributed by atoms with Gasteiger partial charge in [0.25, 0.3) is 5.91 Å². The van der Waals surface area contributed by atoms with Crippen molar-refractivity contribution < 1.29 is 14.0 Å². The van der Waals surface area contributed by atoms with Gasteiger partial charge in [0.1, 0.15) is 5.82 Å². The first kappa shape index (κ1) is 15.4. The van der Waals surface area contributed by atoms with Crippen molar-refractivity contribution in [3.05, 3.63) is 35.1 Å². The highest BCUT2D eigenvalue weighted by Crippen LogP contribution is 2.13. The van der Waals surface area contributed by atoms with Gasteiger partial charge < -0.3 is 11.1 Å². The second-order valence-electron chi connectivity index (χ2n) is 5.45. The van der Waals surface area contributed by atoms with Crippen LogP contribution in [-0.2, 0) is 4.79 Å². The summed E-state index contributed by atoms with van der Waals surface area (Å²) in [6.07, 6.45) is 1.55. The number of hydrogen-bond donors (Lipinski definition) is 2. The molecule has 1 aromatic carbocycles. The van der Waals surface area contributed by atoms with E-state index in [0.717, 1.165) is 25.9 Å². The summed E-state index contributed by atoms with van der Waals surface area (Å²) in [6.45, 7) is 3.36. The average molecular weight is 293 g/mol. The van der Waals surface area contributed by atoms with Crippen LogP contribution in [0.5, 0.6) is 0 Å². The van der Waals surface area contributed by atoms with E-state index < -0.39 is 0 Å². The summed E-state index contributed by atoms with van der Waals surface area (Å²) in [5.41, 5.74) is 6.08. The number of amides is 2. The van der Waals surface area contributed by atoms with E-state index in [1.54, 1.807) is 13.0 Å². The molecule has 1 aromatic rings. The zero-order valence-electron chi connectivity index (χ0n) is 12.1. The molecule has 6 heteroatoms. The smallest absolute Gasteiger partial charge is 0.251 e. The maximum atomic E-state index is 13.2. The van der Waals surface area contributed by atoms with Crippen molar-refractivity contribution in [3.63, 3.8) is 0 Å². The Morgan fingerprint density at radius 2 is 2.05 bits per heavy atom. The van der Waals surface area contributed by atoms with Crippen LogP contribution in [0.1, 0.15) is 28.8 Å². The molecule has 0 atom stereocenters. The van der Waals surface area contributed by atoms with Crippen molar-refractivity contribution in [1.29, 1.82) is 0 Å². The maximum absolute atomic E-state index is 13.2. The van der Waals surface area contributed by atoms with E-state index in [-0.39, 0.29) is 30.2 Å². The van der Waals surface area contributed by atoms with Gasteiger partial charge in [0.15, 0.2) is 0 Å². The fourth-order valence-corrected chi connectivity index (χ4v) is 2.51. The number of carbonyl (C=O) groups is 2. The molecule has 1 heterocycles. The summed E-state index contributed by atoms with van der Waals surface area (Å²) < 4.78 is 13.2. The number of aryl methyl sites for hydroxylation is 1. The molecule has 0 bridgehead atoms. The minimum Gasteiger partial charge on any atom is -0.369 e. The Morgan fingerprint density at radius 1 is 1.38 bits per heavy atom. The number of piperidine rings is 1. The summed E-state index contributed by atoms with van der Waals surface area (Å²) in [5.74, 6) is -0.836. The molecule has 114 valence electrons. The highest BCUT2D eigenvalue weighted by Gasteiger charge is 2.22. The monoisotopic (exact) mass is 293 g/mol. The van der Waals surface area contributed by atoms with Crippen LogP contribution in [0.2, 0.25) is 0 Å². The number of rotatable bonds is 4. The number of benzene rings is 1. The lowest BCUT2D eigenvalue weighted by atomic mass is 10.0. The number of nitrogens with two attached hydrogens (primary N) is 1. The molecule has 0 aliphatic carbocycles. The lowest BCUT2D eigenvalue weighted by molar-refractivity contribution is -0.119. The average Bonchev–Trinajstić information content (AvgIpc) is 2.43. The highest BCUT2D eigenvalue weighted by molar-refractivity contribution is 5.94. The van der Waals surface area contributed by atoms with Crippen molar-refractivity contribution in [2.24, 2.45) is 5.73 Å². The van der Waals surface area contributed by atoms with E-state index in [9.17, 15) is 14.0 Å². The van der Waals surface area contributed by atoms with Gasteiger partial charge in [0.05, 0.1) is 6.54 Å². The van der Waals surface area contributed by atoms with Crippen molar-refractivity contribution >= 4 is 11.8 Å². The summed E-state index contributed by atoms with van der Waals surface area (Å²) in [6, 6.07) is 4.42. The number of primary amides is 1. The summed E-state index contributed by atoms with van der Waals surface area (Å²) >= 11 is 0. The molecule has 2 rings (SSSR count). The SMILES string of the molecule is Cc1cc(C(=O)NC2CCN(CC(N)=O)CC2)ccc1F. The van der Waals surface area contributed by atoms with Crippen LogP contribution in [0.3, 0.4) is 0 Å². The Kier molecular flexibility index (Phi) is 4.90. The van der Waals surface area contributed by atoms with E-state index in [2.05, 4.69) is 5.32 Å². The Hall–Kier alpha value is -1.95. The van der Waals surface area contributed by atoms with Gasteiger partial charge in [-0.25, -0.2) is 4.39 Å². The lowest BCUT2D eigenvalue weighted by Gasteiger charge is -2.31. The van der Waals surface area contributed by atoms with Crippen LogP contribution >= 0.6 is 0 Å². The number of carbonyl (C=O) groups excluding carboxylic acids is 2. The molecule has 0 spiro atoms. The molecule has 3 N–H and O–H groups in total. The van der Waals surface area contributed by atoms with Crippen molar-refractivity contribution in [1.82, 2.24) is 10.2 Å². The molecule has 1 aliphatic rings. The van der Waals surface area contributed by atoms with Gasteiger partial charge in [0.2, 0.25) is 5.91 Å².